The maximum atomic E-state index is 10.3. The SMILES string of the molecule is Oc1cccc2ccc(NN=Cc3ccc4cccnc4c3O)nc12. The Morgan fingerprint density at radius 2 is 1.68 bits per heavy atom. The minimum absolute atomic E-state index is 0.0766. The number of hydrogen-bond acceptors (Lipinski definition) is 6. The van der Waals surface area contributed by atoms with E-state index in [0.29, 0.717) is 22.4 Å². The van der Waals surface area contributed by atoms with Crippen LogP contribution < -0.4 is 5.43 Å². The molecule has 0 saturated carbocycles. The predicted octanol–water partition coefficient (Wildman–Crippen LogP) is 3.64. The zero-order chi connectivity index (χ0) is 17.2. The van der Waals surface area contributed by atoms with E-state index in [1.165, 1.54) is 6.21 Å². The number of rotatable bonds is 3. The molecule has 0 amide bonds. The van der Waals surface area contributed by atoms with Gasteiger partial charge in [0.1, 0.15) is 22.6 Å². The first-order valence-corrected chi connectivity index (χ1v) is 7.67. The van der Waals surface area contributed by atoms with E-state index < -0.39 is 0 Å². The van der Waals surface area contributed by atoms with Crippen molar-refractivity contribution >= 4 is 33.8 Å². The van der Waals surface area contributed by atoms with Crippen molar-refractivity contribution in [2.45, 2.75) is 0 Å². The molecule has 2 aromatic heterocycles. The lowest BCUT2D eigenvalue weighted by atomic mass is 10.1. The number of nitrogens with one attached hydrogen (secondary N) is 1. The van der Waals surface area contributed by atoms with E-state index in [-0.39, 0.29) is 11.5 Å². The molecule has 25 heavy (non-hydrogen) atoms. The predicted molar refractivity (Wildman–Crippen MR) is 98.0 cm³/mol. The Kier molecular flexibility index (Phi) is 3.63. The normalized spacial score (nSPS) is 11.4. The second-order valence-electron chi connectivity index (χ2n) is 5.49. The third-order valence-corrected chi connectivity index (χ3v) is 3.86. The van der Waals surface area contributed by atoms with Gasteiger partial charge < -0.3 is 10.2 Å². The van der Waals surface area contributed by atoms with E-state index in [1.54, 1.807) is 30.5 Å². The molecule has 0 aliphatic carbocycles. The molecular weight excluding hydrogens is 316 g/mol. The lowest BCUT2D eigenvalue weighted by Crippen LogP contribution is -1.94. The monoisotopic (exact) mass is 330 g/mol. The summed E-state index contributed by atoms with van der Waals surface area (Å²) in [6, 6.07) is 16.2. The highest BCUT2D eigenvalue weighted by Gasteiger charge is 2.05. The maximum absolute atomic E-state index is 10.3. The Bertz CT molecular complexity index is 1110. The van der Waals surface area contributed by atoms with Crippen molar-refractivity contribution in [1.82, 2.24) is 9.97 Å². The first-order chi connectivity index (χ1) is 12.2. The average Bonchev–Trinajstić information content (AvgIpc) is 2.64. The number of pyridine rings is 2. The van der Waals surface area contributed by atoms with Crippen molar-refractivity contribution < 1.29 is 10.2 Å². The van der Waals surface area contributed by atoms with Gasteiger partial charge in [0.25, 0.3) is 0 Å². The van der Waals surface area contributed by atoms with Gasteiger partial charge in [0.2, 0.25) is 0 Å². The van der Waals surface area contributed by atoms with Crippen molar-refractivity contribution in [2.24, 2.45) is 5.10 Å². The summed E-state index contributed by atoms with van der Waals surface area (Å²) in [5.41, 5.74) is 4.38. The van der Waals surface area contributed by atoms with E-state index >= 15 is 0 Å². The Balaban J connectivity index is 1.61. The first-order valence-electron chi connectivity index (χ1n) is 7.67. The van der Waals surface area contributed by atoms with Crippen molar-refractivity contribution in [3.63, 3.8) is 0 Å². The highest BCUT2D eigenvalue weighted by atomic mass is 16.3. The largest absolute Gasteiger partial charge is 0.506 e. The average molecular weight is 330 g/mol. The van der Waals surface area contributed by atoms with Crippen LogP contribution in [0.3, 0.4) is 0 Å². The van der Waals surface area contributed by atoms with Gasteiger partial charge in [0.15, 0.2) is 5.75 Å². The summed E-state index contributed by atoms with van der Waals surface area (Å²) in [4.78, 5) is 8.51. The van der Waals surface area contributed by atoms with E-state index in [2.05, 4.69) is 20.5 Å². The molecule has 2 heterocycles. The summed E-state index contributed by atoms with van der Waals surface area (Å²) in [6.07, 6.45) is 3.13. The molecule has 4 aromatic rings. The second kappa shape index (κ2) is 6.09. The lowest BCUT2D eigenvalue weighted by molar-refractivity contribution is 0.479. The number of phenols is 2. The second-order valence-corrected chi connectivity index (χ2v) is 5.49. The molecule has 0 aliphatic heterocycles. The fourth-order valence-electron chi connectivity index (χ4n) is 2.61. The summed E-state index contributed by atoms with van der Waals surface area (Å²) < 4.78 is 0. The molecule has 0 fully saturated rings. The molecule has 0 bridgehead atoms. The van der Waals surface area contributed by atoms with Crippen LogP contribution in [0, 0.1) is 0 Å². The quantitative estimate of drug-likeness (QED) is 0.394. The number of para-hydroxylation sites is 1. The van der Waals surface area contributed by atoms with Crippen LogP contribution in [0.15, 0.2) is 65.9 Å². The molecule has 0 radical (unpaired) electrons. The van der Waals surface area contributed by atoms with Crippen LogP contribution in [0.5, 0.6) is 11.5 Å². The minimum Gasteiger partial charge on any atom is -0.506 e. The van der Waals surface area contributed by atoms with Crippen LogP contribution in [-0.4, -0.2) is 26.4 Å². The molecule has 0 unspecified atom stereocenters. The van der Waals surface area contributed by atoms with Crippen LogP contribution in [0.25, 0.3) is 21.8 Å². The topological polar surface area (TPSA) is 90.6 Å². The van der Waals surface area contributed by atoms with Crippen LogP contribution in [0.2, 0.25) is 0 Å². The molecule has 0 saturated heterocycles. The number of aromatic hydroxyl groups is 2. The van der Waals surface area contributed by atoms with Crippen LogP contribution in [0.1, 0.15) is 5.56 Å². The molecule has 3 N–H and O–H groups in total. The lowest BCUT2D eigenvalue weighted by Gasteiger charge is -2.05. The number of hydrogen-bond donors (Lipinski definition) is 3. The smallest absolute Gasteiger partial charge is 0.150 e. The fraction of sp³-hybridized carbons (Fsp3) is 0. The van der Waals surface area contributed by atoms with Crippen molar-refractivity contribution in [1.29, 1.82) is 0 Å². The fourth-order valence-corrected chi connectivity index (χ4v) is 2.61. The molecule has 6 nitrogen and oxygen atoms in total. The number of benzene rings is 2. The van der Waals surface area contributed by atoms with Crippen molar-refractivity contribution in [3.8, 4) is 11.5 Å². The van der Waals surface area contributed by atoms with E-state index in [9.17, 15) is 10.2 Å². The Morgan fingerprint density at radius 3 is 2.60 bits per heavy atom. The highest BCUT2D eigenvalue weighted by Crippen LogP contribution is 2.26. The Hall–Kier alpha value is -3.67. The number of nitrogens with zero attached hydrogens (tertiary/aromatic N) is 3. The number of phenolic OH excluding ortho intramolecular Hbond substituents is 2. The molecule has 6 heteroatoms. The molecule has 4 rings (SSSR count). The van der Waals surface area contributed by atoms with Crippen molar-refractivity contribution in [3.05, 3.63) is 66.4 Å². The minimum atomic E-state index is 0.0766. The molecule has 0 spiro atoms. The summed E-state index contributed by atoms with van der Waals surface area (Å²) >= 11 is 0. The molecule has 0 aliphatic rings. The van der Waals surface area contributed by atoms with Gasteiger partial charge in [-0.3, -0.25) is 10.4 Å². The summed E-state index contributed by atoms with van der Waals surface area (Å²) in [6.45, 7) is 0. The third kappa shape index (κ3) is 2.81. The van der Waals surface area contributed by atoms with Gasteiger partial charge in [0, 0.05) is 22.5 Å². The van der Waals surface area contributed by atoms with Gasteiger partial charge in [-0.2, -0.15) is 5.10 Å². The van der Waals surface area contributed by atoms with E-state index in [4.69, 9.17) is 0 Å². The first kappa shape index (κ1) is 14.9. The van der Waals surface area contributed by atoms with Crippen molar-refractivity contribution in [2.75, 3.05) is 5.43 Å². The van der Waals surface area contributed by atoms with E-state index in [1.807, 2.05) is 30.3 Å². The Labute approximate surface area is 143 Å². The van der Waals surface area contributed by atoms with Gasteiger partial charge in [-0.15, -0.1) is 0 Å². The van der Waals surface area contributed by atoms with E-state index in [0.717, 1.165) is 10.8 Å². The number of aromatic nitrogens is 2. The molecular formula is C19H14N4O2. The van der Waals surface area contributed by atoms with Gasteiger partial charge in [-0.1, -0.05) is 24.3 Å². The Morgan fingerprint density at radius 1 is 0.880 bits per heavy atom. The standard InChI is InChI=1S/C19H14N4O2/c24-15-5-1-3-12-8-9-16(22-17(12)15)23-21-11-14-7-6-13-4-2-10-20-18(13)19(14)25/h1-11,24-25H,(H,22,23). The van der Waals surface area contributed by atoms with Crippen LogP contribution in [0.4, 0.5) is 5.82 Å². The molecule has 122 valence electrons. The number of fused-ring (bicyclic) bond motifs is 2. The zero-order valence-corrected chi connectivity index (χ0v) is 13.1. The van der Waals surface area contributed by atoms with Gasteiger partial charge >= 0.3 is 0 Å². The van der Waals surface area contributed by atoms with Gasteiger partial charge in [0.05, 0.1) is 6.21 Å². The highest BCUT2D eigenvalue weighted by molar-refractivity contribution is 5.95. The molecule has 0 atom stereocenters. The number of hydrazone groups is 1. The summed E-state index contributed by atoms with van der Waals surface area (Å²) in [5, 5.41) is 26.0. The van der Waals surface area contributed by atoms with Gasteiger partial charge in [-0.05, 0) is 30.3 Å². The zero-order valence-electron chi connectivity index (χ0n) is 13.1. The van der Waals surface area contributed by atoms with Gasteiger partial charge in [-0.25, -0.2) is 4.98 Å². The van der Waals surface area contributed by atoms with Crippen LogP contribution >= 0.6 is 0 Å². The maximum Gasteiger partial charge on any atom is 0.150 e. The summed E-state index contributed by atoms with van der Waals surface area (Å²) in [5.74, 6) is 0.680. The third-order valence-electron chi connectivity index (χ3n) is 3.86. The molecule has 2 aromatic carbocycles. The summed E-state index contributed by atoms with van der Waals surface area (Å²) in [7, 11) is 0. The number of anilines is 1. The van der Waals surface area contributed by atoms with Crippen LogP contribution in [-0.2, 0) is 0 Å².